The number of aliphatic imine (C=N–C) groups is 1. The van der Waals surface area contributed by atoms with E-state index in [1.165, 1.54) is 5.56 Å². The van der Waals surface area contributed by atoms with Crippen LogP contribution in [0.25, 0.3) is 0 Å². The van der Waals surface area contributed by atoms with Crippen molar-refractivity contribution < 1.29 is 4.79 Å². The summed E-state index contributed by atoms with van der Waals surface area (Å²) in [5.74, 6) is 0.820. The molecular weight excluding hydrogens is 482 g/mol. The summed E-state index contributed by atoms with van der Waals surface area (Å²) < 4.78 is 0. The first kappa shape index (κ1) is 25.0. The van der Waals surface area contributed by atoms with Crippen LogP contribution >= 0.6 is 11.6 Å². The summed E-state index contributed by atoms with van der Waals surface area (Å²) in [5, 5.41) is 11.1. The first-order valence-electron chi connectivity index (χ1n) is 12.8. The molecule has 3 aromatic carbocycles. The molecule has 0 aliphatic carbocycles. The molecule has 190 valence electrons. The SMILES string of the molecule is CC1CC=NC(C2(c3ccccc3)CCN(C(=O)Nc3ccccc3)CC2)=NN1Cc1ccc(Cl)cc1. The van der Waals surface area contributed by atoms with E-state index in [0.717, 1.165) is 41.4 Å². The van der Waals surface area contributed by atoms with Gasteiger partial charge in [0.25, 0.3) is 0 Å². The molecule has 0 bridgehead atoms. The van der Waals surface area contributed by atoms with E-state index in [2.05, 4.69) is 41.5 Å². The van der Waals surface area contributed by atoms with Gasteiger partial charge in [-0.1, -0.05) is 72.3 Å². The molecule has 1 fully saturated rings. The minimum Gasteiger partial charge on any atom is -0.324 e. The molecule has 1 unspecified atom stereocenters. The largest absolute Gasteiger partial charge is 0.324 e. The minimum atomic E-state index is -0.371. The maximum Gasteiger partial charge on any atom is 0.321 e. The van der Waals surface area contributed by atoms with Crippen LogP contribution in [0.2, 0.25) is 5.02 Å². The molecule has 0 aromatic heterocycles. The third-order valence-corrected chi connectivity index (χ3v) is 7.59. The molecule has 0 spiro atoms. The van der Waals surface area contributed by atoms with Gasteiger partial charge in [-0.2, -0.15) is 5.10 Å². The van der Waals surface area contributed by atoms with Gasteiger partial charge in [-0.05, 0) is 55.2 Å². The van der Waals surface area contributed by atoms with Crippen LogP contribution in [0.4, 0.5) is 10.5 Å². The Morgan fingerprint density at radius 3 is 2.30 bits per heavy atom. The zero-order chi connectivity index (χ0) is 25.7. The lowest BCUT2D eigenvalue weighted by atomic mass is 9.71. The quantitative estimate of drug-likeness (QED) is 0.418. The normalized spacial score (nSPS) is 19.2. The second kappa shape index (κ2) is 11.2. The Morgan fingerprint density at radius 1 is 0.973 bits per heavy atom. The Morgan fingerprint density at radius 2 is 1.62 bits per heavy atom. The standard InChI is InChI=1S/C30H32ClN5O/c1-23-16-19-32-28(34-36(23)22-24-12-14-26(31)15-13-24)30(25-8-4-2-5-9-25)17-20-35(21-18-30)29(37)33-27-10-6-3-7-11-27/h2-15,19,23H,16-18,20-22H2,1H3,(H,33,37). The highest BCUT2D eigenvalue weighted by molar-refractivity contribution is 6.30. The number of amidine groups is 1. The van der Waals surface area contributed by atoms with Crippen LogP contribution in [0, 0.1) is 0 Å². The van der Waals surface area contributed by atoms with Crippen molar-refractivity contribution in [3.8, 4) is 0 Å². The molecule has 1 N–H and O–H groups in total. The molecule has 5 rings (SSSR count). The number of hydrogen-bond donors (Lipinski definition) is 1. The molecule has 3 aromatic rings. The summed E-state index contributed by atoms with van der Waals surface area (Å²) >= 11 is 6.11. The fraction of sp³-hybridized carbons (Fsp3) is 0.300. The molecule has 1 atom stereocenters. The number of benzene rings is 3. The van der Waals surface area contributed by atoms with Crippen LogP contribution in [-0.4, -0.2) is 47.1 Å². The predicted molar refractivity (Wildman–Crippen MR) is 151 cm³/mol. The van der Waals surface area contributed by atoms with Crippen LogP contribution in [0.15, 0.2) is 95.0 Å². The maximum absolute atomic E-state index is 13.0. The highest BCUT2D eigenvalue weighted by Gasteiger charge is 2.43. The topological polar surface area (TPSA) is 60.3 Å². The molecule has 2 heterocycles. The molecule has 6 nitrogen and oxygen atoms in total. The number of urea groups is 1. The number of anilines is 1. The summed E-state index contributed by atoms with van der Waals surface area (Å²) in [6, 6.07) is 28.2. The first-order chi connectivity index (χ1) is 18.0. The number of piperidine rings is 1. The summed E-state index contributed by atoms with van der Waals surface area (Å²) in [6.45, 7) is 4.10. The minimum absolute atomic E-state index is 0.0721. The molecule has 2 amide bonds. The van der Waals surface area contributed by atoms with Gasteiger partial charge in [-0.15, -0.1) is 0 Å². The molecule has 2 aliphatic rings. The van der Waals surface area contributed by atoms with Crippen molar-refractivity contribution in [2.24, 2.45) is 10.1 Å². The lowest BCUT2D eigenvalue weighted by Gasteiger charge is -2.42. The number of carbonyl (C=O) groups excluding carboxylic acids is 1. The monoisotopic (exact) mass is 513 g/mol. The number of amides is 2. The average molecular weight is 514 g/mol. The van der Waals surface area contributed by atoms with Gasteiger partial charge in [-0.3, -0.25) is 5.01 Å². The Kier molecular flexibility index (Phi) is 7.56. The Labute approximate surface area is 223 Å². The fourth-order valence-electron chi connectivity index (χ4n) is 5.06. The van der Waals surface area contributed by atoms with Crippen molar-refractivity contribution >= 4 is 35.4 Å². The lowest BCUT2D eigenvalue weighted by molar-refractivity contribution is 0.182. The smallest absolute Gasteiger partial charge is 0.321 e. The van der Waals surface area contributed by atoms with Crippen molar-refractivity contribution in [1.82, 2.24) is 9.91 Å². The number of halogens is 1. The number of rotatable bonds is 5. The fourth-order valence-corrected chi connectivity index (χ4v) is 5.19. The Hall–Kier alpha value is -3.64. The van der Waals surface area contributed by atoms with Gasteiger partial charge in [0.05, 0.1) is 12.0 Å². The second-order valence-electron chi connectivity index (χ2n) is 9.78. The summed E-state index contributed by atoms with van der Waals surface area (Å²) in [4.78, 5) is 19.8. The van der Waals surface area contributed by atoms with Crippen LogP contribution in [0.5, 0.6) is 0 Å². The summed E-state index contributed by atoms with van der Waals surface area (Å²) in [5.41, 5.74) is 2.78. The molecule has 1 saturated heterocycles. The van der Waals surface area contributed by atoms with Crippen LogP contribution in [-0.2, 0) is 12.0 Å². The first-order valence-corrected chi connectivity index (χ1v) is 13.2. The number of hydrazone groups is 1. The van der Waals surface area contributed by atoms with Crippen molar-refractivity contribution in [2.45, 2.75) is 44.2 Å². The third kappa shape index (κ3) is 5.70. The van der Waals surface area contributed by atoms with Crippen LogP contribution < -0.4 is 5.32 Å². The van der Waals surface area contributed by atoms with E-state index in [1.54, 1.807) is 0 Å². The van der Waals surface area contributed by atoms with E-state index in [0.29, 0.717) is 19.6 Å². The van der Waals surface area contributed by atoms with E-state index in [-0.39, 0.29) is 17.5 Å². The van der Waals surface area contributed by atoms with Gasteiger partial charge in [0.1, 0.15) is 0 Å². The predicted octanol–water partition coefficient (Wildman–Crippen LogP) is 6.58. The number of nitrogens with one attached hydrogen (secondary N) is 1. The van der Waals surface area contributed by atoms with E-state index in [4.69, 9.17) is 21.7 Å². The molecule has 37 heavy (non-hydrogen) atoms. The number of carbonyl (C=O) groups is 1. The van der Waals surface area contributed by atoms with Gasteiger partial charge in [-0.25, -0.2) is 9.79 Å². The summed E-state index contributed by atoms with van der Waals surface area (Å²) in [6.07, 6.45) is 4.32. The number of likely N-dealkylation sites (tertiary alicyclic amines) is 1. The number of hydrogen-bond acceptors (Lipinski definition) is 4. The molecule has 0 saturated carbocycles. The third-order valence-electron chi connectivity index (χ3n) is 7.33. The Balaban J connectivity index is 1.41. The van der Waals surface area contributed by atoms with E-state index in [9.17, 15) is 4.79 Å². The molecular formula is C30H32ClN5O. The van der Waals surface area contributed by atoms with E-state index in [1.807, 2.05) is 71.8 Å². The second-order valence-corrected chi connectivity index (χ2v) is 10.2. The molecule has 7 heteroatoms. The number of nitrogens with zero attached hydrogens (tertiary/aromatic N) is 4. The van der Waals surface area contributed by atoms with Crippen LogP contribution in [0.1, 0.15) is 37.3 Å². The maximum atomic E-state index is 13.0. The zero-order valence-electron chi connectivity index (χ0n) is 21.1. The van der Waals surface area contributed by atoms with Crippen molar-refractivity contribution in [2.75, 3.05) is 18.4 Å². The lowest BCUT2D eigenvalue weighted by Crippen LogP contribution is -2.50. The Bertz CT molecular complexity index is 1250. The zero-order valence-corrected chi connectivity index (χ0v) is 21.8. The highest BCUT2D eigenvalue weighted by Crippen LogP contribution is 2.39. The van der Waals surface area contributed by atoms with E-state index >= 15 is 0 Å². The van der Waals surface area contributed by atoms with Crippen molar-refractivity contribution in [1.29, 1.82) is 0 Å². The van der Waals surface area contributed by atoms with Gasteiger partial charge in [0.2, 0.25) is 0 Å². The van der Waals surface area contributed by atoms with Crippen molar-refractivity contribution in [3.05, 3.63) is 101 Å². The van der Waals surface area contributed by atoms with Gasteiger partial charge >= 0.3 is 6.03 Å². The molecule has 2 aliphatic heterocycles. The van der Waals surface area contributed by atoms with Crippen molar-refractivity contribution in [3.63, 3.8) is 0 Å². The van der Waals surface area contributed by atoms with Crippen LogP contribution in [0.3, 0.4) is 0 Å². The highest BCUT2D eigenvalue weighted by atomic mass is 35.5. The average Bonchev–Trinajstić information content (AvgIpc) is 3.12. The van der Waals surface area contributed by atoms with Gasteiger partial charge in [0, 0.05) is 42.5 Å². The summed E-state index contributed by atoms with van der Waals surface area (Å²) in [7, 11) is 0. The number of para-hydroxylation sites is 1. The molecule has 0 radical (unpaired) electrons. The van der Waals surface area contributed by atoms with Gasteiger partial charge in [0.15, 0.2) is 5.84 Å². The van der Waals surface area contributed by atoms with Gasteiger partial charge < -0.3 is 10.2 Å². The van der Waals surface area contributed by atoms with E-state index < -0.39 is 0 Å².